The first-order valence-corrected chi connectivity index (χ1v) is 7.10. The highest BCUT2D eigenvalue weighted by atomic mass is 35.5. The number of carboxylic acid groups (broad SMARTS) is 1. The van der Waals surface area contributed by atoms with Crippen LogP contribution in [0.2, 0.25) is 10.0 Å². The molecule has 8 heteroatoms. The van der Waals surface area contributed by atoms with Gasteiger partial charge in [0.25, 0.3) is 0 Å². The summed E-state index contributed by atoms with van der Waals surface area (Å²) >= 11 is 12.1. The van der Waals surface area contributed by atoms with Crippen molar-refractivity contribution in [2.24, 2.45) is 0 Å². The van der Waals surface area contributed by atoms with Gasteiger partial charge in [0.2, 0.25) is 0 Å². The third-order valence-corrected chi connectivity index (χ3v) is 4.05. The molecule has 1 aromatic heterocycles. The molecule has 2 aromatic rings. The first-order chi connectivity index (χ1) is 10.0. The molecule has 0 saturated carbocycles. The van der Waals surface area contributed by atoms with Crippen LogP contribution in [-0.2, 0) is 6.54 Å². The quantitative estimate of drug-likeness (QED) is 0.933. The molecule has 0 aliphatic carbocycles. The summed E-state index contributed by atoms with van der Waals surface area (Å²) in [5, 5.41) is 17.6. The van der Waals surface area contributed by atoms with Crippen LogP contribution in [0.3, 0.4) is 0 Å². The summed E-state index contributed by atoms with van der Waals surface area (Å²) in [6, 6.07) is 5.54. The molecule has 0 atom stereocenters. The molecule has 0 amide bonds. The van der Waals surface area contributed by atoms with Crippen molar-refractivity contribution in [2.75, 3.05) is 13.1 Å². The largest absolute Gasteiger partial charge is 0.476 e. The number of rotatable bonds is 4. The van der Waals surface area contributed by atoms with Crippen molar-refractivity contribution >= 4 is 29.2 Å². The number of aromatic carboxylic acids is 1. The van der Waals surface area contributed by atoms with Gasteiger partial charge in [-0.15, -0.1) is 5.10 Å². The van der Waals surface area contributed by atoms with Gasteiger partial charge in [0.15, 0.2) is 5.69 Å². The maximum atomic E-state index is 10.8. The summed E-state index contributed by atoms with van der Waals surface area (Å²) in [5.41, 5.74) is 0.943. The van der Waals surface area contributed by atoms with E-state index >= 15 is 0 Å². The molecule has 1 fully saturated rings. The van der Waals surface area contributed by atoms with Crippen molar-refractivity contribution in [2.45, 2.75) is 12.6 Å². The lowest BCUT2D eigenvalue weighted by Gasteiger charge is -2.39. The van der Waals surface area contributed by atoms with Crippen molar-refractivity contribution < 1.29 is 9.90 Å². The molecule has 0 bridgehead atoms. The van der Waals surface area contributed by atoms with E-state index in [9.17, 15) is 4.79 Å². The number of carbonyl (C=O) groups is 1. The number of hydrogen-bond donors (Lipinski definition) is 1. The van der Waals surface area contributed by atoms with Gasteiger partial charge in [-0.25, -0.2) is 9.48 Å². The third-order valence-electron chi connectivity index (χ3n) is 3.44. The predicted molar refractivity (Wildman–Crippen MR) is 77.8 cm³/mol. The molecule has 1 N–H and O–H groups in total. The lowest BCUT2D eigenvalue weighted by Crippen LogP contribution is -2.47. The SMILES string of the molecule is O=C(O)c1cn(C2CN(Cc3cc(Cl)ccc3Cl)C2)nn1. The number of benzene rings is 1. The van der Waals surface area contributed by atoms with E-state index in [0.717, 1.165) is 18.7 Å². The number of aromatic nitrogens is 3. The molecule has 2 heterocycles. The molecule has 0 radical (unpaired) electrons. The molecule has 6 nitrogen and oxygen atoms in total. The van der Waals surface area contributed by atoms with Gasteiger partial charge in [0, 0.05) is 29.7 Å². The van der Waals surface area contributed by atoms with Gasteiger partial charge in [-0.05, 0) is 23.8 Å². The van der Waals surface area contributed by atoms with Crippen LogP contribution in [0.4, 0.5) is 0 Å². The zero-order chi connectivity index (χ0) is 15.0. The molecule has 1 aliphatic heterocycles. The zero-order valence-corrected chi connectivity index (χ0v) is 12.4. The van der Waals surface area contributed by atoms with Crippen LogP contribution >= 0.6 is 23.2 Å². The van der Waals surface area contributed by atoms with Crippen molar-refractivity contribution in [3.63, 3.8) is 0 Å². The maximum absolute atomic E-state index is 10.8. The van der Waals surface area contributed by atoms with Crippen molar-refractivity contribution in [3.05, 3.63) is 45.7 Å². The van der Waals surface area contributed by atoms with Crippen molar-refractivity contribution in [3.8, 4) is 0 Å². The van der Waals surface area contributed by atoms with Gasteiger partial charge in [-0.1, -0.05) is 28.4 Å². The molecule has 1 saturated heterocycles. The fourth-order valence-electron chi connectivity index (χ4n) is 2.30. The lowest BCUT2D eigenvalue weighted by molar-refractivity contribution is 0.0690. The number of nitrogens with zero attached hydrogens (tertiary/aromatic N) is 4. The Balaban J connectivity index is 1.60. The van der Waals surface area contributed by atoms with Crippen LogP contribution in [0, 0.1) is 0 Å². The number of carboxylic acids is 1. The first-order valence-electron chi connectivity index (χ1n) is 6.34. The maximum Gasteiger partial charge on any atom is 0.358 e. The minimum Gasteiger partial charge on any atom is -0.476 e. The highest BCUT2D eigenvalue weighted by Crippen LogP contribution is 2.27. The van der Waals surface area contributed by atoms with Crippen LogP contribution in [0.25, 0.3) is 0 Å². The molecule has 1 aliphatic rings. The summed E-state index contributed by atoms with van der Waals surface area (Å²) in [7, 11) is 0. The van der Waals surface area contributed by atoms with Gasteiger partial charge >= 0.3 is 5.97 Å². The van der Waals surface area contributed by atoms with Crippen LogP contribution < -0.4 is 0 Å². The minimum atomic E-state index is -1.07. The second kappa shape index (κ2) is 5.63. The molecular formula is C13H12Cl2N4O2. The Hall–Kier alpha value is -1.63. The Morgan fingerprint density at radius 3 is 2.81 bits per heavy atom. The molecule has 3 rings (SSSR count). The van der Waals surface area contributed by atoms with E-state index < -0.39 is 5.97 Å². The van der Waals surface area contributed by atoms with E-state index in [2.05, 4.69) is 15.2 Å². The van der Waals surface area contributed by atoms with Crippen LogP contribution in [0.5, 0.6) is 0 Å². The molecule has 21 heavy (non-hydrogen) atoms. The Morgan fingerprint density at radius 2 is 2.14 bits per heavy atom. The molecule has 0 unspecified atom stereocenters. The molecule has 110 valence electrons. The topological polar surface area (TPSA) is 71.2 Å². The predicted octanol–water partition coefficient (Wildman–Crippen LogP) is 2.34. The Labute approximate surface area is 130 Å². The molecular weight excluding hydrogens is 315 g/mol. The third kappa shape index (κ3) is 3.02. The molecule has 1 aromatic carbocycles. The Kier molecular flexibility index (Phi) is 3.84. The van der Waals surface area contributed by atoms with Crippen molar-refractivity contribution in [1.29, 1.82) is 0 Å². The number of likely N-dealkylation sites (tertiary alicyclic amines) is 1. The fourth-order valence-corrected chi connectivity index (χ4v) is 2.67. The summed E-state index contributed by atoms with van der Waals surface area (Å²) in [6.07, 6.45) is 1.46. The monoisotopic (exact) mass is 326 g/mol. The van der Waals surface area contributed by atoms with Crippen molar-refractivity contribution in [1.82, 2.24) is 19.9 Å². The second-order valence-corrected chi connectivity index (χ2v) is 5.82. The standard InChI is InChI=1S/C13H12Cl2N4O2/c14-9-1-2-11(15)8(3-9)4-18-5-10(6-18)19-7-12(13(20)21)16-17-19/h1-3,7,10H,4-6H2,(H,20,21). The van der Waals surface area contributed by atoms with E-state index in [4.69, 9.17) is 28.3 Å². The highest BCUT2D eigenvalue weighted by molar-refractivity contribution is 6.33. The van der Waals surface area contributed by atoms with Gasteiger partial charge in [0.1, 0.15) is 0 Å². The van der Waals surface area contributed by atoms with Crippen LogP contribution in [0.15, 0.2) is 24.4 Å². The van der Waals surface area contributed by atoms with Gasteiger partial charge in [-0.2, -0.15) is 0 Å². The summed E-state index contributed by atoms with van der Waals surface area (Å²) < 4.78 is 1.60. The smallest absolute Gasteiger partial charge is 0.358 e. The molecule has 0 spiro atoms. The lowest BCUT2D eigenvalue weighted by atomic mass is 10.1. The normalized spacial score (nSPS) is 15.9. The summed E-state index contributed by atoms with van der Waals surface area (Å²) in [4.78, 5) is 12.9. The van der Waals surface area contributed by atoms with E-state index in [1.54, 1.807) is 16.8 Å². The van der Waals surface area contributed by atoms with E-state index in [0.29, 0.717) is 16.6 Å². The van der Waals surface area contributed by atoms with E-state index in [-0.39, 0.29) is 11.7 Å². The highest BCUT2D eigenvalue weighted by Gasteiger charge is 2.30. The first kappa shape index (κ1) is 14.3. The summed E-state index contributed by atoms with van der Waals surface area (Å²) in [5.74, 6) is -1.07. The number of hydrogen-bond acceptors (Lipinski definition) is 4. The zero-order valence-electron chi connectivity index (χ0n) is 10.9. The van der Waals surface area contributed by atoms with Crippen LogP contribution in [-0.4, -0.2) is 44.1 Å². The Morgan fingerprint density at radius 1 is 1.38 bits per heavy atom. The summed E-state index contributed by atoms with van der Waals surface area (Å²) in [6.45, 7) is 2.24. The van der Waals surface area contributed by atoms with E-state index in [1.165, 1.54) is 6.20 Å². The second-order valence-electron chi connectivity index (χ2n) is 4.97. The average Bonchev–Trinajstić information content (AvgIpc) is 2.86. The van der Waals surface area contributed by atoms with Gasteiger partial charge in [-0.3, -0.25) is 4.90 Å². The van der Waals surface area contributed by atoms with Gasteiger partial charge < -0.3 is 5.11 Å². The van der Waals surface area contributed by atoms with E-state index in [1.807, 2.05) is 6.07 Å². The van der Waals surface area contributed by atoms with Crippen LogP contribution in [0.1, 0.15) is 22.1 Å². The minimum absolute atomic E-state index is 0.0358. The number of halogens is 2. The fraction of sp³-hybridized carbons (Fsp3) is 0.308. The van der Waals surface area contributed by atoms with Gasteiger partial charge in [0.05, 0.1) is 12.2 Å². The average molecular weight is 327 g/mol. The Bertz CT molecular complexity index is 683.